The average Bonchev–Trinajstić information content (AvgIpc) is 3.01. The maximum absolute atomic E-state index is 13.0. The number of benzene rings is 2. The van der Waals surface area contributed by atoms with E-state index in [2.05, 4.69) is 0 Å². The molecule has 170 valence electrons. The highest BCUT2D eigenvalue weighted by Crippen LogP contribution is 2.43. The Morgan fingerprint density at radius 3 is 2.25 bits per heavy atom. The summed E-state index contributed by atoms with van der Waals surface area (Å²) in [5.74, 6) is -1.91. The lowest BCUT2D eigenvalue weighted by Gasteiger charge is -2.25. The number of carbonyl (C=O) groups excluding carboxylic acids is 2. The largest absolute Gasteiger partial charge is 0.507 e. The fourth-order valence-corrected chi connectivity index (χ4v) is 4.21. The summed E-state index contributed by atoms with van der Waals surface area (Å²) in [5, 5.41) is 21.6. The van der Waals surface area contributed by atoms with Gasteiger partial charge in [-0.3, -0.25) is 9.59 Å². The lowest BCUT2D eigenvalue weighted by atomic mass is 9.95. The maximum atomic E-state index is 13.0. The van der Waals surface area contributed by atoms with E-state index in [0.29, 0.717) is 5.56 Å². The van der Waals surface area contributed by atoms with E-state index < -0.39 is 23.5 Å². The number of carbonyl (C=O) groups is 2. The molecule has 2 aromatic rings. The van der Waals surface area contributed by atoms with Crippen LogP contribution in [0.4, 0.5) is 0 Å². The zero-order valence-electron chi connectivity index (χ0n) is 17.5. The maximum Gasteiger partial charge on any atom is 0.295 e. The summed E-state index contributed by atoms with van der Waals surface area (Å²) in [6.45, 7) is 0.241. The number of methoxy groups -OCH3 is 3. The molecule has 0 bridgehead atoms. The van der Waals surface area contributed by atoms with Gasteiger partial charge < -0.3 is 29.3 Å². The molecule has 32 heavy (non-hydrogen) atoms. The molecule has 1 heterocycles. The van der Waals surface area contributed by atoms with Gasteiger partial charge in [0.25, 0.3) is 11.7 Å². The summed E-state index contributed by atoms with van der Waals surface area (Å²) in [6, 6.07) is 6.25. The number of aliphatic hydroxyl groups is 1. The van der Waals surface area contributed by atoms with Crippen molar-refractivity contribution in [2.75, 3.05) is 34.5 Å². The van der Waals surface area contributed by atoms with Gasteiger partial charge >= 0.3 is 0 Å². The van der Waals surface area contributed by atoms with Crippen LogP contribution >= 0.6 is 23.2 Å². The monoisotopic (exact) mass is 481 g/mol. The van der Waals surface area contributed by atoms with E-state index in [1.165, 1.54) is 50.5 Å². The highest BCUT2D eigenvalue weighted by molar-refractivity contribution is 6.46. The van der Waals surface area contributed by atoms with E-state index in [9.17, 15) is 19.8 Å². The zero-order chi connectivity index (χ0) is 23.6. The fraction of sp³-hybridized carbons (Fsp3) is 0.273. The first-order valence-corrected chi connectivity index (χ1v) is 10.2. The van der Waals surface area contributed by atoms with Gasteiger partial charge in [-0.05, 0) is 29.8 Å². The van der Waals surface area contributed by atoms with Gasteiger partial charge in [0.05, 0.1) is 42.5 Å². The molecule has 1 aliphatic heterocycles. The minimum Gasteiger partial charge on any atom is -0.507 e. The summed E-state index contributed by atoms with van der Waals surface area (Å²) in [5.41, 5.74) is 0.354. The number of rotatable bonds is 7. The van der Waals surface area contributed by atoms with Crippen LogP contribution in [0.15, 0.2) is 35.9 Å². The van der Waals surface area contributed by atoms with E-state index in [4.69, 9.17) is 37.4 Å². The smallest absolute Gasteiger partial charge is 0.295 e. The van der Waals surface area contributed by atoms with Crippen LogP contribution < -0.4 is 9.47 Å². The van der Waals surface area contributed by atoms with Gasteiger partial charge in [-0.1, -0.05) is 29.3 Å². The summed E-state index contributed by atoms with van der Waals surface area (Å²) < 4.78 is 15.3. The molecule has 1 saturated heterocycles. The normalized spacial score (nSPS) is 17.7. The molecular formula is C22H21Cl2NO7. The molecule has 0 saturated carbocycles. The summed E-state index contributed by atoms with van der Waals surface area (Å²) in [7, 11) is 4.26. The number of phenolic OH excluding ortho intramolecular Hbond substituents is 1. The fourth-order valence-electron chi connectivity index (χ4n) is 3.57. The number of Topliss-reactive ketones (excluding diaryl/α,β-unsaturated/α-hetero) is 1. The van der Waals surface area contributed by atoms with Crippen LogP contribution in [0.2, 0.25) is 10.0 Å². The number of hydrogen-bond donors (Lipinski definition) is 2. The molecule has 3 rings (SSSR count). The Kier molecular flexibility index (Phi) is 7.18. The first-order chi connectivity index (χ1) is 15.2. The van der Waals surface area contributed by atoms with Gasteiger partial charge in [0.1, 0.15) is 5.76 Å². The topological polar surface area (TPSA) is 106 Å². The molecule has 2 N–H and O–H groups in total. The highest BCUT2D eigenvalue weighted by Gasteiger charge is 2.46. The molecule has 1 amide bonds. The Hall–Kier alpha value is -2.94. The lowest BCUT2D eigenvalue weighted by molar-refractivity contribution is -0.140. The summed E-state index contributed by atoms with van der Waals surface area (Å²) in [4.78, 5) is 27.0. The molecule has 0 aliphatic carbocycles. The van der Waals surface area contributed by atoms with Crippen molar-refractivity contribution in [1.29, 1.82) is 0 Å². The first-order valence-electron chi connectivity index (χ1n) is 9.42. The molecule has 0 spiro atoms. The van der Waals surface area contributed by atoms with Gasteiger partial charge in [0.15, 0.2) is 17.2 Å². The van der Waals surface area contributed by atoms with E-state index >= 15 is 0 Å². The van der Waals surface area contributed by atoms with Crippen molar-refractivity contribution in [1.82, 2.24) is 4.90 Å². The Morgan fingerprint density at radius 1 is 1.06 bits per heavy atom. The zero-order valence-corrected chi connectivity index (χ0v) is 19.0. The molecule has 0 radical (unpaired) electrons. The van der Waals surface area contributed by atoms with Crippen molar-refractivity contribution < 1.29 is 34.0 Å². The molecule has 1 unspecified atom stereocenters. The molecule has 10 heteroatoms. The molecular weight excluding hydrogens is 461 g/mol. The number of halogens is 2. The number of likely N-dealkylation sites (tertiary alicyclic amines) is 1. The number of hydrogen-bond acceptors (Lipinski definition) is 7. The number of phenols is 1. The number of ether oxygens (including phenoxy) is 3. The first kappa shape index (κ1) is 23.7. The van der Waals surface area contributed by atoms with Gasteiger partial charge in [0.2, 0.25) is 0 Å². The van der Waals surface area contributed by atoms with Gasteiger partial charge in [-0.25, -0.2) is 0 Å². The third kappa shape index (κ3) is 4.21. The third-order valence-electron chi connectivity index (χ3n) is 5.07. The van der Waals surface area contributed by atoms with Crippen LogP contribution in [0.5, 0.6) is 17.2 Å². The molecule has 8 nitrogen and oxygen atoms in total. The molecule has 1 atom stereocenters. The number of nitrogens with zero attached hydrogens (tertiary/aromatic N) is 1. The predicted molar refractivity (Wildman–Crippen MR) is 119 cm³/mol. The second-order valence-electron chi connectivity index (χ2n) is 6.89. The second kappa shape index (κ2) is 9.68. The quantitative estimate of drug-likeness (QED) is 0.352. The van der Waals surface area contributed by atoms with Crippen LogP contribution in [0.3, 0.4) is 0 Å². The van der Waals surface area contributed by atoms with Crippen LogP contribution in [0.25, 0.3) is 5.76 Å². The second-order valence-corrected chi connectivity index (χ2v) is 7.70. The van der Waals surface area contributed by atoms with Crippen molar-refractivity contribution in [2.24, 2.45) is 0 Å². The van der Waals surface area contributed by atoms with E-state index in [1.54, 1.807) is 6.07 Å². The van der Waals surface area contributed by atoms with E-state index in [0.717, 1.165) is 0 Å². The van der Waals surface area contributed by atoms with Gasteiger partial charge in [0, 0.05) is 19.2 Å². The van der Waals surface area contributed by atoms with Crippen molar-refractivity contribution >= 4 is 40.7 Å². The lowest BCUT2D eigenvalue weighted by Crippen LogP contribution is -2.32. The SMILES string of the molecule is COCCN1C(=O)C(=O)/C(=C(/O)c2cc(Cl)c(OC)c(Cl)c2)C1c1ccc(OC)c(O)c1. The van der Waals surface area contributed by atoms with Crippen molar-refractivity contribution in [3.05, 3.63) is 57.1 Å². The van der Waals surface area contributed by atoms with E-state index in [-0.39, 0.29) is 51.6 Å². The van der Waals surface area contributed by atoms with Crippen LogP contribution in [-0.4, -0.2) is 61.3 Å². The minimum atomic E-state index is -0.985. The van der Waals surface area contributed by atoms with Crippen LogP contribution in [0, 0.1) is 0 Å². The summed E-state index contributed by atoms with van der Waals surface area (Å²) >= 11 is 12.4. The van der Waals surface area contributed by atoms with Crippen molar-refractivity contribution in [3.8, 4) is 17.2 Å². The summed E-state index contributed by atoms with van der Waals surface area (Å²) in [6.07, 6.45) is 0. The Labute approximate surface area is 194 Å². The molecule has 0 aromatic heterocycles. The Bertz CT molecular complexity index is 1080. The standard InChI is InChI=1S/C22H21Cl2NO7/c1-30-7-6-25-18(11-4-5-16(31-2)15(26)10-11)17(20(28)22(25)29)19(27)12-8-13(23)21(32-3)14(24)9-12/h4-5,8-10,18,26-27H,6-7H2,1-3H3/b19-17+. The molecule has 1 aliphatic rings. The predicted octanol–water partition coefficient (Wildman–Crippen LogP) is 3.78. The van der Waals surface area contributed by atoms with Gasteiger partial charge in [-0.15, -0.1) is 0 Å². The van der Waals surface area contributed by atoms with Crippen molar-refractivity contribution in [3.63, 3.8) is 0 Å². The third-order valence-corrected chi connectivity index (χ3v) is 5.63. The molecule has 2 aromatic carbocycles. The minimum absolute atomic E-state index is 0.0828. The molecule has 1 fully saturated rings. The number of amides is 1. The van der Waals surface area contributed by atoms with Crippen LogP contribution in [0.1, 0.15) is 17.2 Å². The van der Waals surface area contributed by atoms with Crippen LogP contribution in [-0.2, 0) is 14.3 Å². The van der Waals surface area contributed by atoms with E-state index in [1.807, 2.05) is 0 Å². The van der Waals surface area contributed by atoms with Crippen molar-refractivity contribution in [2.45, 2.75) is 6.04 Å². The number of aromatic hydroxyl groups is 1. The Morgan fingerprint density at radius 2 is 1.72 bits per heavy atom. The van der Waals surface area contributed by atoms with Gasteiger partial charge in [-0.2, -0.15) is 0 Å². The Balaban J connectivity index is 2.22. The average molecular weight is 482 g/mol. The number of ketones is 1. The highest BCUT2D eigenvalue weighted by atomic mass is 35.5. The number of aliphatic hydroxyl groups excluding tert-OH is 1.